The third kappa shape index (κ3) is 2.58. The third-order valence-electron chi connectivity index (χ3n) is 3.09. The summed E-state index contributed by atoms with van der Waals surface area (Å²) in [6.07, 6.45) is 8.05. The van der Waals surface area contributed by atoms with E-state index in [1.807, 2.05) is 13.2 Å². The minimum atomic E-state index is 0.251. The van der Waals surface area contributed by atoms with Gasteiger partial charge in [0.1, 0.15) is 0 Å². The fourth-order valence-corrected chi connectivity index (χ4v) is 1.83. The lowest BCUT2D eigenvalue weighted by atomic mass is 9.83. The topological polar surface area (TPSA) is 49.0 Å². The Morgan fingerprint density at radius 3 is 3.00 bits per heavy atom. The second-order valence-corrected chi connectivity index (χ2v) is 4.36. The molecule has 2 rings (SSSR count). The predicted molar refractivity (Wildman–Crippen MR) is 57.0 cm³/mol. The number of carbonyl (C=O) groups excluding carboxylic acids is 1. The minimum absolute atomic E-state index is 0.251. The largest absolute Gasteiger partial charge is 0.341 e. The summed E-state index contributed by atoms with van der Waals surface area (Å²) in [5, 5.41) is 6.61. The molecule has 82 valence electrons. The van der Waals surface area contributed by atoms with Crippen LogP contribution in [0.2, 0.25) is 0 Å². The van der Waals surface area contributed by atoms with Crippen LogP contribution >= 0.6 is 0 Å². The highest BCUT2D eigenvalue weighted by molar-refractivity contribution is 5.76. The molecular formula is C11H17N3O. The van der Waals surface area contributed by atoms with Crippen molar-refractivity contribution in [3.8, 4) is 0 Å². The van der Waals surface area contributed by atoms with Crippen LogP contribution in [0.25, 0.3) is 0 Å². The van der Waals surface area contributed by atoms with E-state index in [1.165, 1.54) is 19.3 Å². The van der Waals surface area contributed by atoms with Crippen molar-refractivity contribution < 1.29 is 4.79 Å². The number of rotatable bonds is 4. The van der Waals surface area contributed by atoms with Crippen LogP contribution in [0.5, 0.6) is 0 Å². The second kappa shape index (κ2) is 4.47. The average molecular weight is 207 g/mol. The summed E-state index contributed by atoms with van der Waals surface area (Å²) in [7, 11) is 1.86. The summed E-state index contributed by atoms with van der Waals surface area (Å²) in [5.41, 5.74) is 1.06. The Morgan fingerprint density at radius 1 is 1.67 bits per heavy atom. The molecule has 1 fully saturated rings. The van der Waals surface area contributed by atoms with Gasteiger partial charge >= 0.3 is 0 Å². The van der Waals surface area contributed by atoms with Crippen LogP contribution in [0.15, 0.2) is 12.4 Å². The van der Waals surface area contributed by atoms with E-state index < -0.39 is 0 Å². The Hall–Kier alpha value is -1.32. The maximum Gasteiger partial charge on any atom is 0.222 e. The van der Waals surface area contributed by atoms with Gasteiger partial charge in [-0.3, -0.25) is 9.89 Å². The van der Waals surface area contributed by atoms with Crippen molar-refractivity contribution in [1.82, 2.24) is 15.1 Å². The molecule has 0 spiro atoms. The zero-order valence-corrected chi connectivity index (χ0v) is 9.07. The second-order valence-electron chi connectivity index (χ2n) is 4.36. The van der Waals surface area contributed by atoms with Crippen molar-refractivity contribution in [3.63, 3.8) is 0 Å². The van der Waals surface area contributed by atoms with Crippen LogP contribution in [0.1, 0.15) is 31.2 Å². The van der Waals surface area contributed by atoms with Crippen LogP contribution in [-0.4, -0.2) is 28.1 Å². The molecule has 1 aliphatic carbocycles. The van der Waals surface area contributed by atoms with E-state index in [1.54, 1.807) is 11.1 Å². The van der Waals surface area contributed by atoms with Crippen LogP contribution < -0.4 is 0 Å². The molecule has 0 atom stereocenters. The zero-order valence-electron chi connectivity index (χ0n) is 9.07. The summed E-state index contributed by atoms with van der Waals surface area (Å²) >= 11 is 0. The van der Waals surface area contributed by atoms with E-state index >= 15 is 0 Å². The van der Waals surface area contributed by atoms with E-state index in [4.69, 9.17) is 0 Å². The molecule has 1 N–H and O–H groups in total. The third-order valence-corrected chi connectivity index (χ3v) is 3.09. The van der Waals surface area contributed by atoms with Gasteiger partial charge in [0, 0.05) is 31.8 Å². The lowest BCUT2D eigenvalue weighted by molar-refractivity contribution is -0.132. The summed E-state index contributed by atoms with van der Waals surface area (Å²) < 4.78 is 0. The van der Waals surface area contributed by atoms with Crippen LogP contribution in [0.4, 0.5) is 0 Å². The van der Waals surface area contributed by atoms with Gasteiger partial charge in [-0.1, -0.05) is 6.42 Å². The van der Waals surface area contributed by atoms with Gasteiger partial charge in [0.15, 0.2) is 0 Å². The van der Waals surface area contributed by atoms with E-state index in [0.717, 1.165) is 5.56 Å². The van der Waals surface area contributed by atoms with Crippen molar-refractivity contribution in [3.05, 3.63) is 18.0 Å². The molecule has 0 saturated heterocycles. The Balaban J connectivity index is 1.79. The molecular weight excluding hydrogens is 190 g/mol. The fraction of sp³-hybridized carbons (Fsp3) is 0.636. The van der Waals surface area contributed by atoms with E-state index in [-0.39, 0.29) is 5.91 Å². The van der Waals surface area contributed by atoms with Crippen molar-refractivity contribution in [2.24, 2.45) is 5.92 Å². The molecule has 0 bridgehead atoms. The number of nitrogens with zero attached hydrogens (tertiary/aromatic N) is 2. The Morgan fingerprint density at radius 2 is 2.47 bits per heavy atom. The Labute approximate surface area is 89.7 Å². The number of aromatic nitrogens is 2. The number of amides is 1. The highest BCUT2D eigenvalue weighted by atomic mass is 16.2. The molecule has 0 aliphatic heterocycles. The number of aromatic amines is 1. The minimum Gasteiger partial charge on any atom is -0.341 e. The lowest BCUT2D eigenvalue weighted by Gasteiger charge is -2.27. The summed E-state index contributed by atoms with van der Waals surface area (Å²) in [6.45, 7) is 0.655. The molecule has 4 nitrogen and oxygen atoms in total. The van der Waals surface area contributed by atoms with E-state index in [9.17, 15) is 4.79 Å². The highest BCUT2D eigenvalue weighted by Crippen LogP contribution is 2.29. The zero-order chi connectivity index (χ0) is 10.7. The first kappa shape index (κ1) is 10.2. The molecule has 1 aromatic heterocycles. The van der Waals surface area contributed by atoms with Crippen molar-refractivity contribution in [2.75, 3.05) is 7.05 Å². The van der Waals surface area contributed by atoms with Crippen molar-refractivity contribution in [2.45, 2.75) is 32.2 Å². The van der Waals surface area contributed by atoms with Gasteiger partial charge in [-0.2, -0.15) is 5.10 Å². The first-order valence-corrected chi connectivity index (χ1v) is 5.47. The number of H-pyrrole nitrogens is 1. The molecule has 1 heterocycles. The van der Waals surface area contributed by atoms with Gasteiger partial charge < -0.3 is 4.90 Å². The highest BCUT2D eigenvalue weighted by Gasteiger charge is 2.22. The quantitative estimate of drug-likeness (QED) is 0.814. The van der Waals surface area contributed by atoms with Crippen molar-refractivity contribution in [1.29, 1.82) is 0 Å². The van der Waals surface area contributed by atoms with Gasteiger partial charge in [0.2, 0.25) is 5.91 Å². The van der Waals surface area contributed by atoms with Crippen LogP contribution in [0.3, 0.4) is 0 Å². The van der Waals surface area contributed by atoms with E-state index in [2.05, 4.69) is 10.2 Å². The number of hydrogen-bond donors (Lipinski definition) is 1. The summed E-state index contributed by atoms with van der Waals surface area (Å²) in [4.78, 5) is 13.5. The molecule has 0 aromatic carbocycles. The standard InChI is InChI=1S/C11H17N3O/c1-14(8-10-6-12-13-7-10)11(15)5-9-3-2-4-9/h6-7,9H,2-5,8H2,1H3,(H,12,13). The normalized spacial score (nSPS) is 16.1. The molecule has 4 heteroatoms. The molecule has 0 unspecified atom stereocenters. The van der Waals surface area contributed by atoms with Gasteiger partial charge in [0.25, 0.3) is 0 Å². The predicted octanol–water partition coefficient (Wildman–Crippen LogP) is 1.56. The maximum atomic E-state index is 11.8. The van der Waals surface area contributed by atoms with Gasteiger partial charge in [-0.15, -0.1) is 0 Å². The lowest BCUT2D eigenvalue weighted by Crippen LogP contribution is -2.29. The smallest absolute Gasteiger partial charge is 0.222 e. The van der Waals surface area contributed by atoms with Crippen molar-refractivity contribution >= 4 is 5.91 Å². The Bertz CT molecular complexity index is 317. The maximum absolute atomic E-state index is 11.8. The van der Waals surface area contributed by atoms with E-state index in [0.29, 0.717) is 18.9 Å². The van der Waals surface area contributed by atoms with Crippen LogP contribution in [-0.2, 0) is 11.3 Å². The number of carbonyl (C=O) groups is 1. The molecule has 1 saturated carbocycles. The molecule has 1 aromatic rings. The number of hydrogen-bond acceptors (Lipinski definition) is 2. The van der Waals surface area contributed by atoms with Gasteiger partial charge in [0.05, 0.1) is 6.20 Å². The fourth-order valence-electron chi connectivity index (χ4n) is 1.83. The SMILES string of the molecule is CN(Cc1cn[nH]c1)C(=O)CC1CCC1. The first-order chi connectivity index (χ1) is 7.25. The van der Waals surface area contributed by atoms with Crippen LogP contribution in [0, 0.1) is 5.92 Å². The summed E-state index contributed by atoms with van der Waals surface area (Å²) in [5.74, 6) is 0.894. The van der Waals surface area contributed by atoms with Gasteiger partial charge in [-0.05, 0) is 18.8 Å². The monoisotopic (exact) mass is 207 g/mol. The molecule has 1 aliphatic rings. The summed E-state index contributed by atoms with van der Waals surface area (Å²) in [6, 6.07) is 0. The molecule has 15 heavy (non-hydrogen) atoms. The molecule has 0 radical (unpaired) electrons. The molecule has 1 amide bonds. The average Bonchev–Trinajstić information content (AvgIpc) is 2.63. The Kier molecular flexibility index (Phi) is 3.04. The first-order valence-electron chi connectivity index (χ1n) is 5.47. The van der Waals surface area contributed by atoms with Gasteiger partial charge in [-0.25, -0.2) is 0 Å². The number of nitrogens with one attached hydrogen (secondary N) is 1.